The van der Waals surface area contributed by atoms with Gasteiger partial charge < -0.3 is 15.4 Å². The van der Waals surface area contributed by atoms with Gasteiger partial charge in [-0.1, -0.05) is 0 Å². The molecule has 0 aliphatic carbocycles. The van der Waals surface area contributed by atoms with Crippen LogP contribution in [0.1, 0.15) is 32.5 Å². The lowest BCUT2D eigenvalue weighted by Gasteiger charge is -2.08. The standard InChI is InChI=1S/C21H25N7O/c1-12(2)28-11-17(18-5-6-22-21(26-18)24-9-14(4)29)19(27-28)16-8-15-7-13(3)25-20(15)23-10-16/h5-8,10-12,14,29H,9H2,1-4H3,(H,23,25)(H,22,24,26)/t14-/m0/s1. The number of nitrogens with one attached hydrogen (secondary N) is 2. The second-order valence-corrected chi connectivity index (χ2v) is 7.57. The smallest absolute Gasteiger partial charge is 0.223 e. The third-order valence-corrected chi connectivity index (χ3v) is 4.63. The maximum absolute atomic E-state index is 9.50. The number of fused-ring (bicyclic) bond motifs is 1. The SMILES string of the molecule is Cc1cc2cc(-c3nn(C(C)C)cc3-c3ccnc(NC[C@H](C)O)n3)cnc2[nH]1. The van der Waals surface area contributed by atoms with Crippen LogP contribution in [0.25, 0.3) is 33.5 Å². The van der Waals surface area contributed by atoms with Gasteiger partial charge in [0, 0.05) is 53.4 Å². The third-order valence-electron chi connectivity index (χ3n) is 4.63. The number of nitrogens with zero attached hydrogens (tertiary/aromatic N) is 5. The molecule has 0 spiro atoms. The summed E-state index contributed by atoms with van der Waals surface area (Å²) in [7, 11) is 0. The van der Waals surface area contributed by atoms with E-state index in [1.807, 2.05) is 30.1 Å². The molecule has 0 aliphatic heterocycles. The minimum atomic E-state index is -0.482. The van der Waals surface area contributed by atoms with E-state index in [4.69, 9.17) is 5.10 Å². The minimum absolute atomic E-state index is 0.211. The lowest BCUT2D eigenvalue weighted by Crippen LogP contribution is -2.16. The zero-order chi connectivity index (χ0) is 20.5. The summed E-state index contributed by atoms with van der Waals surface area (Å²) in [6.07, 6.45) is 5.07. The Kier molecular flexibility index (Phi) is 5.02. The van der Waals surface area contributed by atoms with Crippen molar-refractivity contribution in [2.24, 2.45) is 0 Å². The average Bonchev–Trinajstić information content (AvgIpc) is 3.29. The molecule has 1 atom stereocenters. The molecule has 0 radical (unpaired) electrons. The molecule has 0 fully saturated rings. The van der Waals surface area contributed by atoms with Crippen LogP contribution < -0.4 is 5.32 Å². The van der Waals surface area contributed by atoms with E-state index in [0.29, 0.717) is 12.5 Å². The van der Waals surface area contributed by atoms with Crippen LogP contribution in [0.3, 0.4) is 0 Å². The number of aromatic amines is 1. The molecule has 0 aliphatic rings. The summed E-state index contributed by atoms with van der Waals surface area (Å²) < 4.78 is 1.93. The van der Waals surface area contributed by atoms with Gasteiger partial charge in [0.2, 0.25) is 5.95 Å². The van der Waals surface area contributed by atoms with Gasteiger partial charge in [-0.3, -0.25) is 4.68 Å². The highest BCUT2D eigenvalue weighted by molar-refractivity contribution is 5.85. The van der Waals surface area contributed by atoms with E-state index < -0.39 is 6.10 Å². The molecule has 4 aromatic heterocycles. The fraction of sp³-hybridized carbons (Fsp3) is 0.333. The van der Waals surface area contributed by atoms with Crippen LogP contribution in [0.5, 0.6) is 0 Å². The van der Waals surface area contributed by atoms with Gasteiger partial charge in [0.15, 0.2) is 0 Å². The van der Waals surface area contributed by atoms with E-state index in [9.17, 15) is 5.11 Å². The van der Waals surface area contributed by atoms with Crippen LogP contribution in [0.15, 0.2) is 36.8 Å². The molecule has 0 saturated carbocycles. The first-order valence-corrected chi connectivity index (χ1v) is 9.71. The normalized spacial score (nSPS) is 12.6. The van der Waals surface area contributed by atoms with Crippen molar-refractivity contribution in [3.63, 3.8) is 0 Å². The molecule has 3 N–H and O–H groups in total. The molecule has 4 aromatic rings. The maximum atomic E-state index is 9.50. The molecular formula is C21H25N7O. The molecule has 0 amide bonds. The number of hydrogen-bond donors (Lipinski definition) is 3. The highest BCUT2D eigenvalue weighted by Gasteiger charge is 2.17. The fourth-order valence-electron chi connectivity index (χ4n) is 3.17. The predicted molar refractivity (Wildman–Crippen MR) is 114 cm³/mol. The molecule has 8 nitrogen and oxygen atoms in total. The summed E-state index contributed by atoms with van der Waals surface area (Å²) in [5, 5.41) is 18.4. The van der Waals surface area contributed by atoms with Crippen molar-refractivity contribution < 1.29 is 5.11 Å². The Bertz CT molecular complexity index is 1140. The highest BCUT2D eigenvalue weighted by atomic mass is 16.3. The largest absolute Gasteiger partial charge is 0.392 e. The quantitative estimate of drug-likeness (QED) is 0.464. The van der Waals surface area contributed by atoms with Crippen LogP contribution in [-0.4, -0.2) is 47.5 Å². The molecule has 29 heavy (non-hydrogen) atoms. The zero-order valence-corrected chi connectivity index (χ0v) is 17.0. The molecule has 8 heteroatoms. The molecule has 150 valence electrons. The van der Waals surface area contributed by atoms with E-state index in [1.165, 1.54) is 0 Å². The van der Waals surface area contributed by atoms with Gasteiger partial charge in [0.25, 0.3) is 0 Å². The summed E-state index contributed by atoms with van der Waals surface area (Å²) in [6, 6.07) is 6.25. The molecule has 4 heterocycles. The number of aliphatic hydroxyl groups excluding tert-OH is 1. The first kappa shape index (κ1) is 19.1. The summed E-state index contributed by atoms with van der Waals surface area (Å²) >= 11 is 0. The Labute approximate surface area is 169 Å². The van der Waals surface area contributed by atoms with E-state index in [-0.39, 0.29) is 6.04 Å². The van der Waals surface area contributed by atoms with Crippen molar-refractivity contribution >= 4 is 17.0 Å². The third kappa shape index (κ3) is 3.97. The Morgan fingerprint density at radius 3 is 2.79 bits per heavy atom. The Morgan fingerprint density at radius 1 is 1.21 bits per heavy atom. The van der Waals surface area contributed by atoms with Crippen molar-refractivity contribution in [3.8, 4) is 22.5 Å². The van der Waals surface area contributed by atoms with Crippen molar-refractivity contribution in [2.45, 2.75) is 39.8 Å². The number of pyridine rings is 1. The fourth-order valence-corrected chi connectivity index (χ4v) is 3.17. The van der Waals surface area contributed by atoms with Gasteiger partial charge in [-0.05, 0) is 45.9 Å². The lowest BCUT2D eigenvalue weighted by molar-refractivity contribution is 0.208. The second-order valence-electron chi connectivity index (χ2n) is 7.57. The van der Waals surface area contributed by atoms with Gasteiger partial charge in [-0.15, -0.1) is 0 Å². The number of anilines is 1. The number of aryl methyl sites for hydroxylation is 1. The first-order chi connectivity index (χ1) is 13.9. The molecule has 4 rings (SSSR count). The summed E-state index contributed by atoms with van der Waals surface area (Å²) in [5.74, 6) is 0.474. The first-order valence-electron chi connectivity index (χ1n) is 9.71. The van der Waals surface area contributed by atoms with E-state index in [0.717, 1.165) is 39.2 Å². The Morgan fingerprint density at radius 2 is 2.03 bits per heavy atom. The van der Waals surface area contributed by atoms with Crippen molar-refractivity contribution in [2.75, 3.05) is 11.9 Å². The number of rotatable bonds is 6. The van der Waals surface area contributed by atoms with E-state index in [1.54, 1.807) is 13.1 Å². The van der Waals surface area contributed by atoms with Crippen LogP contribution in [0.2, 0.25) is 0 Å². The number of aliphatic hydroxyl groups is 1. The van der Waals surface area contributed by atoms with Crippen LogP contribution in [0.4, 0.5) is 5.95 Å². The number of H-pyrrole nitrogens is 1. The van der Waals surface area contributed by atoms with Gasteiger partial charge in [0.1, 0.15) is 11.3 Å². The second kappa shape index (κ2) is 7.63. The zero-order valence-electron chi connectivity index (χ0n) is 17.0. The number of hydrogen-bond acceptors (Lipinski definition) is 6. The Balaban J connectivity index is 1.80. The minimum Gasteiger partial charge on any atom is -0.392 e. The molecule has 0 bridgehead atoms. The van der Waals surface area contributed by atoms with Crippen molar-refractivity contribution in [3.05, 3.63) is 42.5 Å². The monoisotopic (exact) mass is 391 g/mol. The van der Waals surface area contributed by atoms with E-state index in [2.05, 4.69) is 51.2 Å². The molecular weight excluding hydrogens is 366 g/mol. The maximum Gasteiger partial charge on any atom is 0.223 e. The van der Waals surface area contributed by atoms with Crippen LogP contribution >= 0.6 is 0 Å². The van der Waals surface area contributed by atoms with Gasteiger partial charge in [0.05, 0.1) is 11.8 Å². The summed E-state index contributed by atoms with van der Waals surface area (Å²) in [6.45, 7) is 8.30. The van der Waals surface area contributed by atoms with Crippen LogP contribution in [0, 0.1) is 6.92 Å². The summed E-state index contributed by atoms with van der Waals surface area (Å²) in [4.78, 5) is 16.7. The molecule has 0 unspecified atom stereocenters. The summed E-state index contributed by atoms with van der Waals surface area (Å²) in [5.41, 5.74) is 5.37. The molecule has 0 saturated heterocycles. The van der Waals surface area contributed by atoms with Crippen molar-refractivity contribution in [1.82, 2.24) is 29.7 Å². The van der Waals surface area contributed by atoms with Gasteiger partial charge >= 0.3 is 0 Å². The molecule has 0 aromatic carbocycles. The van der Waals surface area contributed by atoms with E-state index >= 15 is 0 Å². The van der Waals surface area contributed by atoms with Crippen LogP contribution in [-0.2, 0) is 0 Å². The number of aromatic nitrogens is 6. The highest BCUT2D eigenvalue weighted by Crippen LogP contribution is 2.32. The average molecular weight is 391 g/mol. The predicted octanol–water partition coefficient (Wildman–Crippen LogP) is 3.57. The lowest BCUT2D eigenvalue weighted by atomic mass is 10.1. The van der Waals surface area contributed by atoms with Gasteiger partial charge in [-0.2, -0.15) is 5.10 Å². The van der Waals surface area contributed by atoms with Gasteiger partial charge in [-0.25, -0.2) is 15.0 Å². The topological polar surface area (TPSA) is 105 Å². The van der Waals surface area contributed by atoms with Crippen molar-refractivity contribution in [1.29, 1.82) is 0 Å². The Hall–Kier alpha value is -3.26.